The van der Waals surface area contributed by atoms with Crippen molar-refractivity contribution in [1.29, 1.82) is 0 Å². The number of methoxy groups -OCH3 is 1. The quantitative estimate of drug-likeness (QED) is 0.329. The van der Waals surface area contributed by atoms with E-state index in [0.29, 0.717) is 0 Å². The number of para-hydroxylation sites is 1. The van der Waals surface area contributed by atoms with Gasteiger partial charge in [0.1, 0.15) is 17.2 Å². The summed E-state index contributed by atoms with van der Waals surface area (Å²) >= 11 is 0. The molecule has 0 N–H and O–H groups in total. The van der Waals surface area contributed by atoms with Gasteiger partial charge in [-0.2, -0.15) is 5.10 Å². The van der Waals surface area contributed by atoms with Crippen LogP contribution in [0.4, 0.5) is 0 Å². The average Bonchev–Trinajstić information content (AvgIpc) is 3.34. The molecule has 5 heteroatoms. The van der Waals surface area contributed by atoms with Gasteiger partial charge in [0.2, 0.25) is 6.23 Å². The van der Waals surface area contributed by atoms with Gasteiger partial charge in [-0.25, -0.2) is 5.01 Å². The van der Waals surface area contributed by atoms with Crippen LogP contribution < -0.4 is 14.2 Å². The predicted molar refractivity (Wildman–Crippen MR) is 135 cm³/mol. The third-order valence-electron chi connectivity index (χ3n) is 6.55. The van der Waals surface area contributed by atoms with Crippen LogP contribution in [0.15, 0.2) is 77.9 Å². The van der Waals surface area contributed by atoms with Gasteiger partial charge in [0, 0.05) is 17.5 Å². The number of ether oxygens (including phenoxy) is 3. The van der Waals surface area contributed by atoms with Crippen LogP contribution in [0.2, 0.25) is 0 Å². The topological polar surface area (TPSA) is 43.3 Å². The fraction of sp³-hybridized carbons (Fsp3) is 0.345. The molecule has 0 aromatic heterocycles. The first-order valence-electron chi connectivity index (χ1n) is 12.3. The van der Waals surface area contributed by atoms with Crippen molar-refractivity contribution in [2.45, 2.75) is 51.3 Å². The Morgan fingerprint density at radius 2 is 1.68 bits per heavy atom. The molecule has 0 unspecified atom stereocenters. The number of benzene rings is 3. The summed E-state index contributed by atoms with van der Waals surface area (Å²) in [6, 6.07) is 24.8. The summed E-state index contributed by atoms with van der Waals surface area (Å²) in [4.78, 5) is 0. The highest BCUT2D eigenvalue weighted by Gasteiger charge is 2.40. The van der Waals surface area contributed by atoms with Crippen molar-refractivity contribution in [3.05, 3.63) is 89.5 Å². The fourth-order valence-electron chi connectivity index (χ4n) is 4.66. The van der Waals surface area contributed by atoms with Gasteiger partial charge in [-0.3, -0.25) is 0 Å². The molecule has 0 bridgehead atoms. The first-order valence-corrected chi connectivity index (χ1v) is 12.3. The molecule has 3 aromatic carbocycles. The molecular weight excluding hydrogens is 424 g/mol. The highest BCUT2D eigenvalue weighted by molar-refractivity contribution is 6.02. The minimum Gasteiger partial charge on any atom is -0.497 e. The third kappa shape index (κ3) is 4.60. The van der Waals surface area contributed by atoms with E-state index in [2.05, 4.69) is 54.4 Å². The zero-order valence-electron chi connectivity index (χ0n) is 19.9. The maximum Gasteiger partial charge on any atom is 0.213 e. The fourth-order valence-corrected chi connectivity index (χ4v) is 4.66. The van der Waals surface area contributed by atoms with Gasteiger partial charge in [0.15, 0.2) is 0 Å². The van der Waals surface area contributed by atoms with Crippen molar-refractivity contribution in [3.8, 4) is 17.2 Å². The summed E-state index contributed by atoms with van der Waals surface area (Å²) in [5.41, 5.74) is 4.42. The van der Waals surface area contributed by atoms with Gasteiger partial charge in [-0.15, -0.1) is 0 Å². The minimum atomic E-state index is -0.283. The number of hydrogen-bond donors (Lipinski definition) is 0. The van der Waals surface area contributed by atoms with Crippen molar-refractivity contribution in [2.24, 2.45) is 5.10 Å². The molecule has 176 valence electrons. The summed E-state index contributed by atoms with van der Waals surface area (Å²) < 4.78 is 17.7. The van der Waals surface area contributed by atoms with Crippen LogP contribution in [0.25, 0.3) is 0 Å². The molecule has 0 radical (unpaired) electrons. The van der Waals surface area contributed by atoms with E-state index < -0.39 is 0 Å². The van der Waals surface area contributed by atoms with Gasteiger partial charge in [-0.05, 0) is 66.6 Å². The normalized spacial score (nSPS) is 18.5. The molecule has 5 nitrogen and oxygen atoms in total. The molecule has 2 heterocycles. The molecule has 0 saturated heterocycles. The van der Waals surface area contributed by atoms with Crippen molar-refractivity contribution in [1.82, 2.24) is 5.01 Å². The van der Waals surface area contributed by atoms with Gasteiger partial charge in [0.25, 0.3) is 0 Å². The van der Waals surface area contributed by atoms with Crippen LogP contribution in [0.3, 0.4) is 0 Å². The highest BCUT2D eigenvalue weighted by Crippen LogP contribution is 2.47. The van der Waals surface area contributed by atoms with Crippen LogP contribution in [0.5, 0.6) is 17.2 Å². The Balaban J connectivity index is 1.37. The lowest BCUT2D eigenvalue weighted by Gasteiger charge is -2.38. The smallest absolute Gasteiger partial charge is 0.213 e. The maximum absolute atomic E-state index is 6.48. The lowest BCUT2D eigenvalue weighted by atomic mass is 9.96. The Kier molecular flexibility index (Phi) is 6.70. The Morgan fingerprint density at radius 3 is 2.44 bits per heavy atom. The van der Waals surface area contributed by atoms with E-state index in [-0.39, 0.29) is 12.3 Å². The van der Waals surface area contributed by atoms with Crippen LogP contribution in [-0.4, -0.2) is 24.4 Å². The first-order chi connectivity index (χ1) is 16.8. The van der Waals surface area contributed by atoms with Gasteiger partial charge < -0.3 is 14.2 Å². The molecule has 0 fully saturated rings. The third-order valence-corrected chi connectivity index (χ3v) is 6.55. The number of rotatable bonds is 9. The predicted octanol–water partition coefficient (Wildman–Crippen LogP) is 6.90. The summed E-state index contributed by atoms with van der Waals surface area (Å²) in [7, 11) is 1.68. The number of nitrogens with zero attached hydrogens (tertiary/aromatic N) is 2. The molecule has 3 aromatic rings. The van der Waals surface area contributed by atoms with Crippen LogP contribution in [0.1, 0.15) is 68.0 Å². The van der Waals surface area contributed by atoms with Crippen LogP contribution >= 0.6 is 0 Å². The molecule has 2 aliphatic rings. The zero-order chi connectivity index (χ0) is 23.3. The molecule has 0 spiro atoms. The van der Waals surface area contributed by atoms with Gasteiger partial charge in [0.05, 0.1) is 25.5 Å². The van der Waals surface area contributed by atoms with E-state index >= 15 is 0 Å². The highest BCUT2D eigenvalue weighted by atomic mass is 16.5. The summed E-state index contributed by atoms with van der Waals surface area (Å²) in [6.07, 6.45) is 5.36. The number of hydrogen-bond acceptors (Lipinski definition) is 5. The number of hydrazone groups is 1. The maximum atomic E-state index is 6.48. The van der Waals surface area contributed by atoms with E-state index in [0.717, 1.165) is 53.5 Å². The largest absolute Gasteiger partial charge is 0.497 e. The van der Waals surface area contributed by atoms with E-state index in [1.54, 1.807) is 7.11 Å². The molecule has 0 saturated carbocycles. The Morgan fingerprint density at radius 1 is 0.912 bits per heavy atom. The molecule has 0 amide bonds. The van der Waals surface area contributed by atoms with Crippen molar-refractivity contribution < 1.29 is 14.2 Å². The summed E-state index contributed by atoms with van der Waals surface area (Å²) in [5.74, 6) is 2.67. The van der Waals surface area contributed by atoms with Gasteiger partial charge >= 0.3 is 0 Å². The SMILES string of the molecule is CCCCCCOc1ccc([C@@H]2Oc3ccccc3[C@@H]3CC(c4ccc(OC)cc4)=NN32)cc1. The van der Waals surface area contributed by atoms with E-state index in [4.69, 9.17) is 19.3 Å². The Bertz CT molecular complexity index is 1120. The Hall–Kier alpha value is -3.47. The van der Waals surface area contributed by atoms with Gasteiger partial charge in [-0.1, -0.05) is 44.4 Å². The van der Waals surface area contributed by atoms with Crippen molar-refractivity contribution in [2.75, 3.05) is 13.7 Å². The summed E-state index contributed by atoms with van der Waals surface area (Å²) in [5, 5.41) is 7.16. The molecular formula is C29H32N2O3. The second kappa shape index (κ2) is 10.2. The minimum absolute atomic E-state index is 0.140. The van der Waals surface area contributed by atoms with Crippen LogP contribution in [0, 0.1) is 0 Å². The van der Waals surface area contributed by atoms with E-state index in [1.165, 1.54) is 24.8 Å². The lowest BCUT2D eigenvalue weighted by Crippen LogP contribution is -2.33. The Labute approximate surface area is 202 Å². The second-order valence-electron chi connectivity index (χ2n) is 8.86. The molecule has 2 atom stereocenters. The molecule has 0 aliphatic carbocycles. The average molecular weight is 457 g/mol. The van der Waals surface area contributed by atoms with Crippen molar-refractivity contribution >= 4 is 5.71 Å². The van der Waals surface area contributed by atoms with Crippen molar-refractivity contribution in [3.63, 3.8) is 0 Å². The lowest BCUT2D eigenvalue weighted by molar-refractivity contribution is -0.0190. The van der Waals surface area contributed by atoms with Crippen LogP contribution in [-0.2, 0) is 0 Å². The summed E-state index contributed by atoms with van der Waals surface area (Å²) in [6.45, 7) is 2.98. The molecule has 34 heavy (non-hydrogen) atoms. The van der Waals surface area contributed by atoms with E-state index in [9.17, 15) is 0 Å². The first kappa shape index (κ1) is 22.3. The number of fused-ring (bicyclic) bond motifs is 3. The monoisotopic (exact) mass is 456 g/mol. The zero-order valence-corrected chi connectivity index (χ0v) is 19.9. The number of unbranched alkanes of at least 4 members (excludes halogenated alkanes) is 3. The molecule has 2 aliphatic heterocycles. The van der Waals surface area contributed by atoms with E-state index in [1.807, 2.05) is 30.3 Å². The molecule has 5 rings (SSSR count). The standard InChI is InChI=1S/C29H32N2O3/c1-3-4-5-8-19-33-24-17-13-22(14-18-24)29-31-27(25-9-6-7-10-28(25)34-29)20-26(30-31)21-11-15-23(32-2)16-12-21/h6-7,9-18,27,29H,3-5,8,19-20H2,1-2H3/t27-,29-/m0/s1. The second-order valence-corrected chi connectivity index (χ2v) is 8.86.